The summed E-state index contributed by atoms with van der Waals surface area (Å²) >= 11 is 0. The molecule has 0 amide bonds. The first-order valence-corrected chi connectivity index (χ1v) is 8.76. The van der Waals surface area contributed by atoms with Gasteiger partial charge in [0.05, 0.1) is 0 Å². The van der Waals surface area contributed by atoms with Crippen molar-refractivity contribution >= 4 is 31.3 Å². The van der Waals surface area contributed by atoms with Crippen molar-refractivity contribution in [1.29, 1.82) is 0 Å². The molecule has 0 aromatic carbocycles. The Morgan fingerprint density at radius 3 is 0.304 bits per heavy atom. The van der Waals surface area contributed by atoms with E-state index < -0.39 is 31.3 Å². The van der Waals surface area contributed by atoms with Crippen molar-refractivity contribution < 1.29 is 202 Å². The van der Waals surface area contributed by atoms with Gasteiger partial charge in [0, 0.05) is 0 Å². The second-order valence-corrected chi connectivity index (χ2v) is 5.37. The molecule has 0 aliphatic rings. The summed E-state index contributed by atoms with van der Waals surface area (Å²) in [6.45, 7) is 0. The molecule has 0 radical (unpaired) electrons. The quantitative estimate of drug-likeness (QED) is 0.205. The van der Waals surface area contributed by atoms with E-state index in [4.69, 9.17) is 77.0 Å². The van der Waals surface area contributed by atoms with Gasteiger partial charge in [-0.1, -0.05) is 0 Å². The summed E-state index contributed by atoms with van der Waals surface area (Å²) < 4.78 is 34.2. The van der Waals surface area contributed by atoms with Crippen LogP contribution in [-0.2, 0) is 18.3 Å². The Morgan fingerprint density at radius 2 is 0.304 bits per heavy atom. The third kappa shape index (κ3) is 768. The summed E-state index contributed by atoms with van der Waals surface area (Å²) in [6.07, 6.45) is 0. The minimum atomic E-state index is -5.39. The van der Waals surface area contributed by atoms with Crippen LogP contribution in [0.3, 0.4) is 0 Å². The van der Waals surface area contributed by atoms with Gasteiger partial charge in [0.1, 0.15) is 0 Å². The van der Waals surface area contributed by atoms with Crippen LogP contribution >= 0.6 is 31.3 Å². The summed E-state index contributed by atoms with van der Waals surface area (Å²) in [6, 6.07) is 0. The van der Waals surface area contributed by atoms with Gasteiger partial charge < -0.3 is 77.0 Å². The third-order valence-electron chi connectivity index (χ3n) is 0. The normalized spacial score (nSPS) is 10.3. The zero-order valence-electron chi connectivity index (χ0n) is 9.82. The largest absolute Gasteiger partial charge is 4.00 e. The molecule has 0 aromatic rings. The molecule has 0 saturated heterocycles. The van der Waals surface area contributed by atoms with Crippen molar-refractivity contribution in [3.8, 4) is 0 Å². The van der Waals surface area contributed by atoms with E-state index in [2.05, 4.69) is 0 Å². The van der Waals surface area contributed by atoms with Gasteiger partial charge in [0.25, 0.3) is 0 Å². The standard InChI is InChI=1S/3Ce.4H3O4P/c;;;4*1-5(2,3)4/h;;;4*(H3,1,2,3,4)/q3*+4;;;;/p-12. The number of hydrogen-bond donors (Lipinski definition) is 0. The van der Waals surface area contributed by atoms with E-state index >= 15 is 0 Å². The summed E-state index contributed by atoms with van der Waals surface area (Å²) in [7, 11) is -21.6. The van der Waals surface area contributed by atoms with Gasteiger partial charge in [0.2, 0.25) is 0 Å². The molecule has 23 heavy (non-hydrogen) atoms. The van der Waals surface area contributed by atoms with Crippen LogP contribution in [-0.4, -0.2) is 0 Å². The fraction of sp³-hybridized carbons (Fsp3) is 0. The number of hydrogen-bond acceptors (Lipinski definition) is 16. The smallest absolute Gasteiger partial charge is 0.822 e. The van der Waals surface area contributed by atoms with Crippen LogP contribution in [0.2, 0.25) is 0 Å². The molecule has 0 bridgehead atoms. The van der Waals surface area contributed by atoms with Crippen LogP contribution in [0, 0.1) is 125 Å². The summed E-state index contributed by atoms with van der Waals surface area (Å²) in [5, 5.41) is 0. The Bertz CT molecular complexity index is 292. The minimum absolute atomic E-state index is 0. The molecule has 128 valence electrons. The Labute approximate surface area is 229 Å². The molecule has 0 saturated carbocycles. The summed E-state index contributed by atoms with van der Waals surface area (Å²) in [5.74, 6) is 0. The van der Waals surface area contributed by atoms with Crippen LogP contribution in [0.1, 0.15) is 0 Å². The molecule has 0 unspecified atom stereocenters. The van der Waals surface area contributed by atoms with Gasteiger partial charge in [-0.15, -0.1) is 0 Å². The monoisotopic (exact) mass is 800 g/mol. The molecule has 0 spiro atoms. The van der Waals surface area contributed by atoms with Crippen LogP contribution in [0.25, 0.3) is 0 Å². The zero-order chi connectivity index (χ0) is 18.0. The molecule has 0 heterocycles. The van der Waals surface area contributed by atoms with Crippen molar-refractivity contribution in [2.75, 3.05) is 0 Å². The third-order valence-corrected chi connectivity index (χ3v) is 0. The van der Waals surface area contributed by atoms with Crippen molar-refractivity contribution in [3.05, 3.63) is 0 Å². The predicted octanol–water partition coefficient (Wildman–Crippen LogP) is -11.3. The van der Waals surface area contributed by atoms with Crippen molar-refractivity contribution in [3.63, 3.8) is 0 Å². The summed E-state index contributed by atoms with van der Waals surface area (Å²) in [5.41, 5.74) is 0. The maximum atomic E-state index is 8.55. The average molecular weight is 800 g/mol. The van der Waals surface area contributed by atoms with Gasteiger partial charge in [-0.3, -0.25) is 0 Å². The summed E-state index contributed by atoms with van der Waals surface area (Å²) in [4.78, 5) is 103. The van der Waals surface area contributed by atoms with Gasteiger partial charge in [-0.2, -0.15) is 31.3 Å². The molecule has 0 fully saturated rings. The fourth-order valence-corrected chi connectivity index (χ4v) is 0. The molecule has 16 nitrogen and oxygen atoms in total. The Morgan fingerprint density at radius 1 is 0.304 bits per heavy atom. The Hall–Kier alpha value is 4.57. The topological polar surface area (TPSA) is 345 Å². The first kappa shape index (κ1) is 46.0. The second kappa shape index (κ2) is 21.3. The number of phosphoric acid groups is 4. The predicted molar refractivity (Wildman–Crippen MR) is 30.4 cm³/mol. The minimum Gasteiger partial charge on any atom is -0.822 e. The molecule has 0 aliphatic carbocycles. The molecule has 23 heteroatoms. The first-order valence-electron chi connectivity index (χ1n) is 2.92. The van der Waals surface area contributed by atoms with E-state index in [0.29, 0.717) is 0 Å². The van der Waals surface area contributed by atoms with Crippen LogP contribution in [0.4, 0.5) is 0 Å². The molecular weight excluding hydrogens is 800 g/mol. The first-order chi connectivity index (χ1) is 8.00. The van der Waals surface area contributed by atoms with E-state index in [1.165, 1.54) is 0 Å². The van der Waals surface area contributed by atoms with E-state index in [1.807, 2.05) is 0 Å². The maximum Gasteiger partial charge on any atom is 4.00 e. The number of rotatable bonds is 0. The van der Waals surface area contributed by atoms with E-state index in [0.717, 1.165) is 0 Å². The van der Waals surface area contributed by atoms with E-state index in [-0.39, 0.29) is 125 Å². The van der Waals surface area contributed by atoms with Crippen molar-refractivity contribution in [2.45, 2.75) is 0 Å². The van der Waals surface area contributed by atoms with E-state index in [9.17, 15) is 0 Å². The van der Waals surface area contributed by atoms with Gasteiger partial charge in [0.15, 0.2) is 0 Å². The Kier molecular flexibility index (Phi) is 42.6. The molecule has 0 atom stereocenters. The van der Waals surface area contributed by atoms with Gasteiger partial charge in [-0.25, -0.2) is 0 Å². The molecule has 0 aliphatic heterocycles. The molecule has 0 aromatic heterocycles. The average Bonchev–Trinajstić information content (AvgIpc) is 1.62. The SMILES string of the molecule is O=P([O-])([O-])[O-].O=P([O-])([O-])[O-].O=P([O-])([O-])[O-].O=P([O-])([O-])[O-].[Ce+4].[Ce+4].[Ce+4]. The van der Waals surface area contributed by atoms with Gasteiger partial charge >= 0.3 is 125 Å². The van der Waals surface area contributed by atoms with Gasteiger partial charge in [-0.05, 0) is 0 Å². The van der Waals surface area contributed by atoms with Crippen LogP contribution < -0.4 is 58.7 Å². The van der Waals surface area contributed by atoms with Crippen molar-refractivity contribution in [1.82, 2.24) is 0 Å². The molecule has 0 N–H and O–H groups in total. The maximum absolute atomic E-state index is 8.55. The fourth-order valence-electron chi connectivity index (χ4n) is 0. The van der Waals surface area contributed by atoms with Crippen LogP contribution in [0.5, 0.6) is 0 Å². The second-order valence-electron chi connectivity index (χ2n) is 1.79. The molecular formula is Ce3O16P4. The Balaban J connectivity index is -0.0000000284. The zero-order valence-corrected chi connectivity index (χ0v) is 22.8. The molecule has 0 rings (SSSR count). The van der Waals surface area contributed by atoms with Crippen LogP contribution in [0.15, 0.2) is 0 Å². The van der Waals surface area contributed by atoms with E-state index in [1.54, 1.807) is 0 Å². The van der Waals surface area contributed by atoms with Crippen molar-refractivity contribution in [2.24, 2.45) is 0 Å².